The Hall–Kier alpha value is -2.44. The van der Waals surface area contributed by atoms with Crippen molar-refractivity contribution >= 4 is 39.1 Å². The highest BCUT2D eigenvalue weighted by Gasteiger charge is 2.14. The molecule has 144 valence electrons. The normalized spacial score (nSPS) is 10.7. The number of carbonyl (C=O) groups excluding carboxylic acids is 1. The fraction of sp³-hybridized carbons (Fsp3) is 0.190. The fourth-order valence-corrected chi connectivity index (χ4v) is 3.18. The van der Waals surface area contributed by atoms with Crippen LogP contribution in [0.25, 0.3) is 11.4 Å². The zero-order chi connectivity index (χ0) is 20.1. The molecule has 5 nitrogen and oxygen atoms in total. The Morgan fingerprint density at radius 3 is 2.46 bits per heavy atom. The molecule has 0 aliphatic rings. The summed E-state index contributed by atoms with van der Waals surface area (Å²) >= 11 is 9.34. The number of aryl methyl sites for hydroxylation is 1. The van der Waals surface area contributed by atoms with E-state index in [1.54, 1.807) is 36.4 Å². The smallest absolute Gasteiger partial charge is 0.254 e. The molecule has 1 heterocycles. The summed E-state index contributed by atoms with van der Waals surface area (Å²) in [7, 11) is 0. The van der Waals surface area contributed by atoms with Gasteiger partial charge in [0.2, 0.25) is 5.91 Å². The Balaban J connectivity index is 1.94. The molecule has 2 aromatic carbocycles. The van der Waals surface area contributed by atoms with E-state index in [1.807, 2.05) is 19.1 Å². The number of rotatable bonds is 6. The summed E-state index contributed by atoms with van der Waals surface area (Å²) < 4.78 is 2.30. The molecule has 0 bridgehead atoms. The van der Waals surface area contributed by atoms with E-state index in [-0.39, 0.29) is 18.0 Å². The highest BCUT2D eigenvalue weighted by Crippen LogP contribution is 2.20. The molecule has 3 aromatic rings. The monoisotopic (exact) mass is 459 g/mol. The number of anilines is 1. The first-order valence-electron chi connectivity index (χ1n) is 8.88. The van der Waals surface area contributed by atoms with Gasteiger partial charge in [0.1, 0.15) is 12.4 Å². The van der Waals surface area contributed by atoms with Crippen molar-refractivity contribution in [1.29, 1.82) is 0 Å². The van der Waals surface area contributed by atoms with Crippen LogP contribution < -0.4 is 10.9 Å². The van der Waals surface area contributed by atoms with Crippen molar-refractivity contribution < 1.29 is 4.79 Å². The zero-order valence-corrected chi connectivity index (χ0v) is 17.6. The van der Waals surface area contributed by atoms with E-state index >= 15 is 0 Å². The minimum Gasteiger partial charge on any atom is -0.325 e. The van der Waals surface area contributed by atoms with Gasteiger partial charge in [-0.3, -0.25) is 14.2 Å². The van der Waals surface area contributed by atoms with E-state index < -0.39 is 0 Å². The van der Waals surface area contributed by atoms with Crippen LogP contribution in [0.5, 0.6) is 0 Å². The second kappa shape index (κ2) is 9.17. The van der Waals surface area contributed by atoms with Crippen LogP contribution in [0.15, 0.2) is 63.9 Å². The Morgan fingerprint density at radius 1 is 1.14 bits per heavy atom. The van der Waals surface area contributed by atoms with Gasteiger partial charge in [-0.05, 0) is 55.0 Å². The van der Waals surface area contributed by atoms with E-state index in [9.17, 15) is 9.59 Å². The number of halogens is 2. The minimum absolute atomic E-state index is 0.133. The van der Waals surface area contributed by atoms with E-state index in [0.29, 0.717) is 28.6 Å². The molecule has 0 spiro atoms. The van der Waals surface area contributed by atoms with Crippen LogP contribution in [0.4, 0.5) is 5.69 Å². The number of nitrogens with one attached hydrogen (secondary N) is 1. The van der Waals surface area contributed by atoms with Crippen molar-refractivity contribution in [2.45, 2.75) is 26.3 Å². The molecule has 1 amide bonds. The summed E-state index contributed by atoms with van der Waals surface area (Å²) in [6.07, 6.45) is 1.57. The van der Waals surface area contributed by atoms with Crippen molar-refractivity contribution in [3.8, 4) is 11.4 Å². The molecule has 1 N–H and O–H groups in total. The van der Waals surface area contributed by atoms with E-state index in [2.05, 4.69) is 26.2 Å². The number of benzene rings is 2. The first kappa shape index (κ1) is 20.3. The van der Waals surface area contributed by atoms with Gasteiger partial charge in [0, 0.05) is 32.5 Å². The number of hydrogen-bond donors (Lipinski definition) is 1. The van der Waals surface area contributed by atoms with Gasteiger partial charge in [-0.2, -0.15) is 0 Å². The van der Waals surface area contributed by atoms with Gasteiger partial charge in [-0.15, -0.1) is 0 Å². The van der Waals surface area contributed by atoms with Crippen molar-refractivity contribution in [3.63, 3.8) is 0 Å². The summed E-state index contributed by atoms with van der Waals surface area (Å²) in [6, 6.07) is 15.8. The number of nitrogens with zero attached hydrogens (tertiary/aromatic N) is 2. The summed E-state index contributed by atoms with van der Waals surface area (Å²) in [5.41, 5.74) is 1.84. The quantitative estimate of drug-likeness (QED) is 0.568. The summed E-state index contributed by atoms with van der Waals surface area (Å²) in [5, 5.41) is 3.40. The molecule has 3 rings (SSSR count). The summed E-state index contributed by atoms with van der Waals surface area (Å²) in [6.45, 7) is 1.90. The van der Waals surface area contributed by atoms with Gasteiger partial charge < -0.3 is 5.32 Å². The van der Waals surface area contributed by atoms with E-state index in [0.717, 1.165) is 16.5 Å². The molecule has 7 heteroatoms. The third kappa shape index (κ3) is 5.09. The second-order valence-corrected chi connectivity index (χ2v) is 7.66. The van der Waals surface area contributed by atoms with Crippen molar-refractivity contribution in [2.75, 3.05) is 5.32 Å². The largest absolute Gasteiger partial charge is 0.325 e. The molecular weight excluding hydrogens is 442 g/mol. The second-order valence-electron chi connectivity index (χ2n) is 6.31. The third-order valence-electron chi connectivity index (χ3n) is 4.10. The average Bonchev–Trinajstić information content (AvgIpc) is 2.66. The van der Waals surface area contributed by atoms with Crippen LogP contribution in [0.1, 0.15) is 19.0 Å². The average molecular weight is 461 g/mol. The Labute approximate surface area is 176 Å². The van der Waals surface area contributed by atoms with Crippen LogP contribution in [-0.2, 0) is 17.8 Å². The van der Waals surface area contributed by atoms with Gasteiger partial charge in [0.05, 0.1) is 0 Å². The summed E-state index contributed by atoms with van der Waals surface area (Å²) in [4.78, 5) is 29.9. The predicted octanol–water partition coefficient (Wildman–Crippen LogP) is 4.92. The highest BCUT2D eigenvalue weighted by atomic mass is 79.9. The van der Waals surface area contributed by atoms with Crippen LogP contribution in [-0.4, -0.2) is 15.5 Å². The summed E-state index contributed by atoms with van der Waals surface area (Å²) in [5.74, 6) is 0.156. The fourth-order valence-electron chi connectivity index (χ4n) is 2.79. The standard InChI is InChI=1S/C21H19BrClN3O2/c1-2-3-18-12-20(28)26(21(25-18)14-4-8-16(23)9-5-14)13-19(27)24-17-10-6-15(22)7-11-17/h4-12H,2-3,13H2,1H3,(H,24,27). The van der Waals surface area contributed by atoms with Gasteiger partial charge in [0.15, 0.2) is 0 Å². The molecular formula is C21H19BrClN3O2. The first-order chi connectivity index (χ1) is 13.5. The lowest BCUT2D eigenvalue weighted by molar-refractivity contribution is -0.116. The van der Waals surface area contributed by atoms with Gasteiger partial charge in [0.25, 0.3) is 5.56 Å². The molecule has 0 aliphatic carbocycles. The molecule has 0 saturated carbocycles. The van der Waals surface area contributed by atoms with Gasteiger partial charge in [-0.25, -0.2) is 4.98 Å². The molecule has 0 radical (unpaired) electrons. The van der Waals surface area contributed by atoms with Crippen molar-refractivity contribution in [1.82, 2.24) is 9.55 Å². The Bertz CT molecular complexity index is 1030. The minimum atomic E-state index is -0.301. The maximum Gasteiger partial charge on any atom is 0.254 e. The topological polar surface area (TPSA) is 64.0 Å². The Morgan fingerprint density at radius 2 is 1.82 bits per heavy atom. The van der Waals surface area contributed by atoms with Gasteiger partial charge >= 0.3 is 0 Å². The lowest BCUT2D eigenvalue weighted by atomic mass is 10.2. The molecule has 0 saturated heterocycles. The van der Waals surface area contributed by atoms with Crippen LogP contribution in [0.3, 0.4) is 0 Å². The SMILES string of the molecule is CCCc1cc(=O)n(CC(=O)Nc2ccc(Br)cc2)c(-c2ccc(Cl)cc2)n1. The molecule has 0 fully saturated rings. The molecule has 1 aromatic heterocycles. The zero-order valence-electron chi connectivity index (χ0n) is 15.3. The van der Waals surface area contributed by atoms with E-state index in [1.165, 1.54) is 10.6 Å². The lowest BCUT2D eigenvalue weighted by Gasteiger charge is -2.14. The molecule has 0 atom stereocenters. The van der Waals surface area contributed by atoms with Crippen molar-refractivity contribution in [2.24, 2.45) is 0 Å². The number of carbonyl (C=O) groups is 1. The van der Waals surface area contributed by atoms with Crippen LogP contribution in [0.2, 0.25) is 5.02 Å². The van der Waals surface area contributed by atoms with Crippen LogP contribution >= 0.6 is 27.5 Å². The van der Waals surface area contributed by atoms with Gasteiger partial charge in [-0.1, -0.05) is 40.9 Å². The molecule has 28 heavy (non-hydrogen) atoms. The van der Waals surface area contributed by atoms with Crippen molar-refractivity contribution in [3.05, 3.63) is 80.1 Å². The number of amides is 1. The van der Waals surface area contributed by atoms with E-state index in [4.69, 9.17) is 11.6 Å². The van der Waals surface area contributed by atoms with Crippen LogP contribution in [0, 0.1) is 0 Å². The molecule has 0 aliphatic heterocycles. The maximum absolute atomic E-state index is 12.7. The predicted molar refractivity (Wildman–Crippen MR) is 116 cm³/mol. The third-order valence-corrected chi connectivity index (χ3v) is 4.88. The first-order valence-corrected chi connectivity index (χ1v) is 10.1. The number of hydrogen-bond acceptors (Lipinski definition) is 3. The Kier molecular flexibility index (Phi) is 6.65. The maximum atomic E-state index is 12.7. The number of aromatic nitrogens is 2. The highest BCUT2D eigenvalue weighted by molar-refractivity contribution is 9.10. The molecule has 0 unspecified atom stereocenters. The lowest BCUT2D eigenvalue weighted by Crippen LogP contribution is -2.30.